The van der Waals surface area contributed by atoms with E-state index in [2.05, 4.69) is 10.1 Å². The predicted molar refractivity (Wildman–Crippen MR) is 133 cm³/mol. The number of rotatable bonds is 6. The van der Waals surface area contributed by atoms with Gasteiger partial charge in [0.1, 0.15) is 0 Å². The number of hydrogen-bond acceptors (Lipinski definition) is 7. The molecule has 2 aliphatic carbocycles. The Hall–Kier alpha value is -3.43. The highest BCUT2D eigenvalue weighted by Gasteiger charge is 2.66. The van der Waals surface area contributed by atoms with Crippen molar-refractivity contribution in [1.82, 2.24) is 0 Å². The Kier molecular flexibility index (Phi) is 6.68. The van der Waals surface area contributed by atoms with Gasteiger partial charge in [0.05, 0.1) is 46.5 Å². The van der Waals surface area contributed by atoms with E-state index >= 15 is 0 Å². The van der Waals surface area contributed by atoms with Crippen molar-refractivity contribution in [2.45, 2.75) is 17.2 Å². The normalized spacial score (nSPS) is 27.7. The summed E-state index contributed by atoms with van der Waals surface area (Å²) in [5.41, 5.74) is 1.06. The van der Waals surface area contributed by atoms with Crippen LogP contribution in [0.1, 0.15) is 27.1 Å². The fourth-order valence-corrected chi connectivity index (χ4v) is 6.49. The van der Waals surface area contributed by atoms with Crippen LogP contribution in [0.3, 0.4) is 0 Å². The van der Waals surface area contributed by atoms with E-state index in [1.807, 2.05) is 0 Å². The van der Waals surface area contributed by atoms with Crippen LogP contribution in [0.4, 0.5) is 11.4 Å². The quantitative estimate of drug-likeness (QED) is 0.336. The zero-order valence-electron chi connectivity index (χ0n) is 19.6. The second kappa shape index (κ2) is 9.79. The van der Waals surface area contributed by atoms with E-state index in [4.69, 9.17) is 27.9 Å². The number of methoxy groups -OCH3 is 1. The third-order valence-electron chi connectivity index (χ3n) is 7.25. The zero-order chi connectivity index (χ0) is 26.4. The van der Waals surface area contributed by atoms with Crippen molar-refractivity contribution < 1.29 is 33.4 Å². The highest BCUT2D eigenvalue weighted by molar-refractivity contribution is 6.32. The van der Waals surface area contributed by atoms with E-state index in [1.54, 1.807) is 6.07 Å². The number of carbonyl (C=O) groups is 5. The molecule has 2 bridgehead atoms. The number of anilines is 2. The van der Waals surface area contributed by atoms with Crippen molar-refractivity contribution >= 4 is 64.2 Å². The first kappa shape index (κ1) is 25.2. The lowest BCUT2D eigenvalue weighted by Crippen LogP contribution is -2.37. The molecule has 3 aliphatic rings. The summed E-state index contributed by atoms with van der Waals surface area (Å²) in [6, 6.07) is 12.0. The first-order chi connectivity index (χ1) is 17.7. The van der Waals surface area contributed by atoms with Gasteiger partial charge in [-0.2, -0.15) is 0 Å². The van der Waals surface area contributed by atoms with Crippen LogP contribution in [0.2, 0.25) is 0 Å². The molecule has 37 heavy (non-hydrogen) atoms. The molecule has 0 spiro atoms. The van der Waals surface area contributed by atoms with Crippen LogP contribution >= 0.6 is 23.2 Å². The monoisotopic (exact) mass is 544 g/mol. The van der Waals surface area contributed by atoms with Gasteiger partial charge in [-0.05, 0) is 60.7 Å². The molecule has 3 fully saturated rings. The van der Waals surface area contributed by atoms with Crippen molar-refractivity contribution in [3.05, 3.63) is 59.7 Å². The number of hydrogen-bond donors (Lipinski definition) is 1. The van der Waals surface area contributed by atoms with Crippen LogP contribution in [0, 0.1) is 23.7 Å². The number of nitrogens with one attached hydrogen (secondary N) is 1. The van der Waals surface area contributed by atoms with Gasteiger partial charge in [0, 0.05) is 5.69 Å². The molecule has 0 unspecified atom stereocenters. The minimum Gasteiger partial charge on any atom is -0.465 e. The number of esters is 2. The Morgan fingerprint density at radius 2 is 1.54 bits per heavy atom. The molecule has 192 valence electrons. The molecular weight excluding hydrogens is 523 g/mol. The SMILES string of the molecule is COC(=O)c1ccc(NC(=O)COC(=O)c2cccc(N3C(=O)[C@@H]4[C@H]5C[C@@H]([C@@H](Cl)[C@H]5Cl)[C@H]4C3=O)c2)cc1. The number of imide groups is 1. The Balaban J connectivity index is 1.22. The maximum atomic E-state index is 13.2. The fraction of sp³-hybridized carbons (Fsp3) is 0.346. The average Bonchev–Trinajstić information content (AvgIpc) is 3.52. The van der Waals surface area contributed by atoms with Gasteiger partial charge < -0.3 is 14.8 Å². The van der Waals surface area contributed by atoms with Crippen LogP contribution in [0.15, 0.2) is 48.5 Å². The summed E-state index contributed by atoms with van der Waals surface area (Å²) in [6.45, 7) is -0.564. The summed E-state index contributed by atoms with van der Waals surface area (Å²) in [5, 5.41) is 1.84. The summed E-state index contributed by atoms with van der Waals surface area (Å²) in [7, 11) is 1.27. The van der Waals surface area contributed by atoms with Crippen molar-refractivity contribution in [3.63, 3.8) is 0 Å². The molecular formula is C26H22Cl2N2O7. The summed E-state index contributed by atoms with van der Waals surface area (Å²) in [4.78, 5) is 63.8. The maximum absolute atomic E-state index is 13.2. The second-order valence-electron chi connectivity index (χ2n) is 9.26. The molecule has 0 radical (unpaired) electrons. The van der Waals surface area contributed by atoms with Gasteiger partial charge in [-0.3, -0.25) is 19.3 Å². The Bertz CT molecular complexity index is 1270. The highest BCUT2D eigenvalue weighted by atomic mass is 35.5. The molecule has 2 aromatic rings. The topological polar surface area (TPSA) is 119 Å². The van der Waals surface area contributed by atoms with Gasteiger partial charge in [-0.15, -0.1) is 23.2 Å². The Morgan fingerprint density at radius 1 is 0.919 bits per heavy atom. The van der Waals surface area contributed by atoms with Crippen LogP contribution in [0.25, 0.3) is 0 Å². The molecule has 9 nitrogen and oxygen atoms in total. The van der Waals surface area contributed by atoms with Crippen molar-refractivity contribution in [1.29, 1.82) is 0 Å². The number of carbonyl (C=O) groups excluding carboxylic acids is 5. The maximum Gasteiger partial charge on any atom is 0.338 e. The summed E-state index contributed by atoms with van der Waals surface area (Å²) in [6.07, 6.45) is 0.660. The van der Waals surface area contributed by atoms with E-state index < -0.39 is 36.3 Å². The first-order valence-corrected chi connectivity index (χ1v) is 12.5. The van der Waals surface area contributed by atoms with Crippen LogP contribution in [-0.2, 0) is 23.9 Å². The third-order valence-corrected chi connectivity index (χ3v) is 8.57. The molecule has 1 aliphatic heterocycles. The standard InChI is InChI=1S/C26H22Cl2N2O7/c1-36-25(34)12-5-7-14(8-6-12)29-18(31)11-37-26(35)13-3-2-4-15(9-13)30-23(32)19-16-10-17(20(19)24(30)33)22(28)21(16)27/h2-9,16-17,19-22H,10-11H2,1H3,(H,29,31)/t16-,17-,19-,20-,21-,22+/m1/s1. The molecule has 5 rings (SSSR count). The number of alkyl halides is 2. The highest BCUT2D eigenvalue weighted by Crippen LogP contribution is 2.59. The predicted octanol–water partition coefficient (Wildman–Crippen LogP) is 3.24. The van der Waals surface area contributed by atoms with Crippen molar-refractivity contribution in [3.8, 4) is 0 Å². The molecule has 11 heteroatoms. The van der Waals surface area contributed by atoms with E-state index in [9.17, 15) is 24.0 Å². The lowest BCUT2D eigenvalue weighted by molar-refractivity contribution is -0.123. The minimum absolute atomic E-state index is 0.0822. The van der Waals surface area contributed by atoms with Gasteiger partial charge in [-0.25, -0.2) is 9.59 Å². The van der Waals surface area contributed by atoms with E-state index in [0.29, 0.717) is 17.7 Å². The summed E-state index contributed by atoms with van der Waals surface area (Å²) < 4.78 is 9.73. The van der Waals surface area contributed by atoms with E-state index in [-0.39, 0.29) is 45.7 Å². The van der Waals surface area contributed by atoms with Crippen molar-refractivity contribution in [2.75, 3.05) is 23.9 Å². The van der Waals surface area contributed by atoms with Gasteiger partial charge >= 0.3 is 11.9 Å². The molecule has 2 saturated carbocycles. The largest absolute Gasteiger partial charge is 0.465 e. The number of fused-ring (bicyclic) bond motifs is 5. The molecule has 1 heterocycles. The second-order valence-corrected chi connectivity index (χ2v) is 10.3. The fourth-order valence-electron chi connectivity index (χ4n) is 5.59. The number of ether oxygens (including phenoxy) is 2. The summed E-state index contributed by atoms with van der Waals surface area (Å²) >= 11 is 12.8. The minimum atomic E-state index is -0.793. The Labute approximate surface area is 222 Å². The number of halogens is 2. The lowest BCUT2D eigenvalue weighted by Gasteiger charge is -2.28. The molecule has 3 amide bonds. The van der Waals surface area contributed by atoms with Crippen LogP contribution in [0.5, 0.6) is 0 Å². The number of amides is 3. The van der Waals surface area contributed by atoms with Gasteiger partial charge in [0.2, 0.25) is 11.8 Å². The molecule has 1 saturated heterocycles. The lowest BCUT2D eigenvalue weighted by atomic mass is 9.80. The van der Waals surface area contributed by atoms with E-state index in [0.717, 1.165) is 4.90 Å². The third kappa shape index (κ3) is 4.36. The molecule has 1 N–H and O–H groups in total. The molecule has 6 atom stereocenters. The van der Waals surface area contributed by atoms with Gasteiger partial charge in [0.25, 0.3) is 5.91 Å². The van der Waals surface area contributed by atoms with Crippen LogP contribution < -0.4 is 10.2 Å². The zero-order valence-corrected chi connectivity index (χ0v) is 21.1. The molecule has 2 aromatic carbocycles. The van der Waals surface area contributed by atoms with Gasteiger partial charge in [-0.1, -0.05) is 6.07 Å². The van der Waals surface area contributed by atoms with Crippen molar-refractivity contribution in [2.24, 2.45) is 23.7 Å². The number of nitrogens with zero attached hydrogens (tertiary/aromatic N) is 1. The number of benzene rings is 2. The average molecular weight is 545 g/mol. The Morgan fingerprint density at radius 3 is 2.14 bits per heavy atom. The van der Waals surface area contributed by atoms with Gasteiger partial charge in [0.15, 0.2) is 6.61 Å². The molecule has 0 aromatic heterocycles. The van der Waals surface area contributed by atoms with E-state index in [1.165, 1.54) is 49.6 Å². The smallest absolute Gasteiger partial charge is 0.338 e. The first-order valence-electron chi connectivity index (χ1n) is 11.6. The summed E-state index contributed by atoms with van der Waals surface area (Å²) in [5.74, 6) is -3.86. The van der Waals surface area contributed by atoms with Crippen LogP contribution in [-0.4, -0.2) is 54.1 Å².